The van der Waals surface area contributed by atoms with Crippen molar-refractivity contribution in [3.63, 3.8) is 0 Å². The number of likely N-dealkylation sites (N-methyl/N-ethyl adjacent to an activating group) is 2. The fourth-order valence-electron chi connectivity index (χ4n) is 4.67. The van der Waals surface area contributed by atoms with Crippen LogP contribution < -0.4 is 4.74 Å². The van der Waals surface area contributed by atoms with Crippen LogP contribution in [0.3, 0.4) is 0 Å². The van der Waals surface area contributed by atoms with E-state index in [-0.39, 0.29) is 18.3 Å². The van der Waals surface area contributed by atoms with Gasteiger partial charge >= 0.3 is 0 Å². The summed E-state index contributed by atoms with van der Waals surface area (Å²) < 4.78 is 19.7. The topological polar surface area (TPSA) is 59.8 Å². The lowest BCUT2D eigenvalue weighted by Gasteiger charge is -2.39. The van der Waals surface area contributed by atoms with Crippen molar-refractivity contribution in [2.75, 3.05) is 47.4 Å². The van der Waals surface area contributed by atoms with Gasteiger partial charge in [0.1, 0.15) is 23.7 Å². The molecule has 1 unspecified atom stereocenters. The lowest BCUT2D eigenvalue weighted by molar-refractivity contribution is -0.137. The summed E-state index contributed by atoms with van der Waals surface area (Å²) in [4.78, 5) is 19.9. The molecule has 0 aromatic heterocycles. The zero-order valence-corrected chi connectivity index (χ0v) is 19.8. The number of hydrogen-bond acceptors (Lipinski definition) is 5. The van der Waals surface area contributed by atoms with Crippen LogP contribution in [-0.2, 0) is 11.3 Å². The zero-order valence-electron chi connectivity index (χ0n) is 19.8. The maximum absolute atomic E-state index is 14.1. The highest BCUT2D eigenvalue weighted by molar-refractivity contribution is 5.91. The van der Waals surface area contributed by atoms with Crippen LogP contribution in [0.25, 0.3) is 10.8 Å². The van der Waals surface area contributed by atoms with Crippen molar-refractivity contribution in [1.29, 1.82) is 5.26 Å². The van der Waals surface area contributed by atoms with Crippen molar-refractivity contribution in [2.24, 2.45) is 0 Å². The van der Waals surface area contributed by atoms with E-state index in [1.54, 1.807) is 24.1 Å². The average molecular weight is 461 g/mol. The van der Waals surface area contributed by atoms with Gasteiger partial charge in [-0.1, -0.05) is 36.4 Å². The molecular formula is C27H29FN4O2. The Balaban J connectivity index is 1.71. The Bertz CT molecular complexity index is 1230. The maximum atomic E-state index is 14.1. The average Bonchev–Trinajstić information content (AvgIpc) is 2.85. The molecule has 3 aromatic rings. The number of hydrogen-bond donors (Lipinski definition) is 0. The van der Waals surface area contributed by atoms with Gasteiger partial charge in [-0.2, -0.15) is 5.26 Å². The molecule has 1 aliphatic heterocycles. The Morgan fingerprint density at radius 3 is 2.56 bits per heavy atom. The monoisotopic (exact) mass is 460 g/mol. The molecule has 0 spiro atoms. The summed E-state index contributed by atoms with van der Waals surface area (Å²) in [6.07, 6.45) is 0. The van der Waals surface area contributed by atoms with Crippen molar-refractivity contribution in [3.05, 3.63) is 77.1 Å². The van der Waals surface area contributed by atoms with Crippen LogP contribution in [0.2, 0.25) is 0 Å². The van der Waals surface area contributed by atoms with Crippen LogP contribution in [0.4, 0.5) is 4.39 Å². The second-order valence-corrected chi connectivity index (χ2v) is 8.76. The summed E-state index contributed by atoms with van der Waals surface area (Å²) in [6, 6.07) is 17.5. The molecule has 1 heterocycles. The normalized spacial score (nSPS) is 15.6. The Kier molecular flexibility index (Phi) is 7.11. The molecular weight excluding hydrogens is 431 g/mol. The number of carbonyl (C=O) groups excluding carboxylic acids is 1. The van der Waals surface area contributed by atoms with E-state index in [2.05, 4.69) is 22.9 Å². The quantitative estimate of drug-likeness (QED) is 0.560. The molecule has 1 aliphatic rings. The fraction of sp³-hybridized carbons (Fsp3) is 0.333. The first-order valence-electron chi connectivity index (χ1n) is 11.3. The third-order valence-corrected chi connectivity index (χ3v) is 6.50. The summed E-state index contributed by atoms with van der Waals surface area (Å²) in [6.45, 7) is 3.37. The van der Waals surface area contributed by atoms with E-state index in [1.165, 1.54) is 19.2 Å². The number of piperazine rings is 1. The lowest BCUT2D eigenvalue weighted by atomic mass is 9.98. The van der Waals surface area contributed by atoms with Crippen LogP contribution in [-0.4, -0.2) is 68.0 Å². The summed E-state index contributed by atoms with van der Waals surface area (Å²) >= 11 is 0. The number of benzene rings is 3. The molecule has 0 N–H and O–H groups in total. The van der Waals surface area contributed by atoms with Crippen LogP contribution >= 0.6 is 0 Å². The van der Waals surface area contributed by atoms with E-state index in [4.69, 9.17) is 4.74 Å². The van der Waals surface area contributed by atoms with Crippen molar-refractivity contribution in [2.45, 2.75) is 12.6 Å². The van der Waals surface area contributed by atoms with Gasteiger partial charge in [0, 0.05) is 45.3 Å². The molecule has 4 rings (SSSR count). The molecule has 7 heteroatoms. The molecule has 34 heavy (non-hydrogen) atoms. The molecule has 0 saturated carbocycles. The van der Waals surface area contributed by atoms with E-state index in [9.17, 15) is 14.4 Å². The van der Waals surface area contributed by atoms with Crippen molar-refractivity contribution < 1.29 is 13.9 Å². The predicted octanol–water partition coefficient (Wildman–Crippen LogP) is 3.81. The fourth-order valence-corrected chi connectivity index (χ4v) is 4.67. The minimum Gasteiger partial charge on any atom is -0.495 e. The molecule has 1 atom stereocenters. The first kappa shape index (κ1) is 23.7. The zero-order chi connectivity index (χ0) is 24.2. The Morgan fingerprint density at radius 1 is 1.15 bits per heavy atom. The van der Waals surface area contributed by atoms with Crippen LogP contribution in [0.5, 0.6) is 5.75 Å². The van der Waals surface area contributed by atoms with Gasteiger partial charge in [-0.15, -0.1) is 0 Å². The second-order valence-electron chi connectivity index (χ2n) is 8.76. The molecule has 0 radical (unpaired) electrons. The Hall–Kier alpha value is -3.47. The number of ether oxygens (including phenoxy) is 1. The van der Waals surface area contributed by atoms with Gasteiger partial charge in [0.05, 0.1) is 12.7 Å². The van der Waals surface area contributed by atoms with Gasteiger partial charge in [-0.3, -0.25) is 9.69 Å². The van der Waals surface area contributed by atoms with Crippen molar-refractivity contribution in [1.82, 2.24) is 14.7 Å². The molecule has 176 valence electrons. The van der Waals surface area contributed by atoms with E-state index in [0.717, 1.165) is 29.4 Å². The molecule has 1 amide bonds. The third-order valence-electron chi connectivity index (χ3n) is 6.50. The molecule has 3 aromatic carbocycles. The Labute approximate surface area is 199 Å². The number of nitrogens with zero attached hydrogens (tertiary/aromatic N) is 4. The van der Waals surface area contributed by atoms with E-state index in [1.807, 2.05) is 30.3 Å². The van der Waals surface area contributed by atoms with Gasteiger partial charge in [0.25, 0.3) is 0 Å². The van der Waals surface area contributed by atoms with E-state index in [0.29, 0.717) is 30.0 Å². The number of nitriles is 1. The van der Waals surface area contributed by atoms with Gasteiger partial charge in [0.2, 0.25) is 5.91 Å². The first-order chi connectivity index (χ1) is 16.4. The van der Waals surface area contributed by atoms with Gasteiger partial charge in [-0.25, -0.2) is 4.39 Å². The van der Waals surface area contributed by atoms with Gasteiger partial charge < -0.3 is 14.5 Å². The van der Waals surface area contributed by atoms with E-state index >= 15 is 0 Å². The standard InChI is InChI=1S/C27H29FN4O2/c1-30-11-13-32(14-12-30)25(20-8-6-9-22(28)16-20)27(33)31(2)18-24-23-10-5-4-7-19(23)15-21(17-29)26(24)34-3/h4-10,15-16,25H,11-14,18H2,1-3H3. The highest BCUT2D eigenvalue weighted by Gasteiger charge is 2.32. The molecule has 0 bridgehead atoms. The summed E-state index contributed by atoms with van der Waals surface area (Å²) in [5, 5.41) is 11.5. The number of methoxy groups -OCH3 is 1. The van der Waals surface area contributed by atoms with Crippen molar-refractivity contribution >= 4 is 16.7 Å². The smallest absolute Gasteiger partial charge is 0.244 e. The van der Waals surface area contributed by atoms with Gasteiger partial charge in [-0.05, 0) is 41.6 Å². The van der Waals surface area contributed by atoms with Crippen LogP contribution in [0.15, 0.2) is 54.6 Å². The van der Waals surface area contributed by atoms with Crippen molar-refractivity contribution in [3.8, 4) is 11.8 Å². The number of amides is 1. The SMILES string of the molecule is COc1c(C#N)cc2ccccc2c1CN(C)C(=O)C(c1cccc(F)c1)N1CCN(C)CC1. The predicted molar refractivity (Wildman–Crippen MR) is 130 cm³/mol. The largest absolute Gasteiger partial charge is 0.495 e. The highest BCUT2D eigenvalue weighted by atomic mass is 19.1. The minimum atomic E-state index is -0.592. The molecule has 6 nitrogen and oxygen atoms in total. The number of halogens is 1. The maximum Gasteiger partial charge on any atom is 0.244 e. The molecule has 1 fully saturated rings. The third kappa shape index (κ3) is 4.74. The highest BCUT2D eigenvalue weighted by Crippen LogP contribution is 2.34. The first-order valence-corrected chi connectivity index (χ1v) is 11.3. The summed E-state index contributed by atoms with van der Waals surface area (Å²) in [7, 11) is 5.34. The number of rotatable bonds is 6. The summed E-state index contributed by atoms with van der Waals surface area (Å²) in [5.74, 6) is -0.00661. The lowest BCUT2D eigenvalue weighted by Crippen LogP contribution is -2.50. The second kappa shape index (κ2) is 10.2. The van der Waals surface area contributed by atoms with Crippen LogP contribution in [0.1, 0.15) is 22.7 Å². The molecule has 1 saturated heterocycles. The van der Waals surface area contributed by atoms with Crippen LogP contribution in [0, 0.1) is 17.1 Å². The van der Waals surface area contributed by atoms with Gasteiger partial charge in [0.15, 0.2) is 0 Å². The number of carbonyl (C=O) groups is 1. The van der Waals surface area contributed by atoms with E-state index < -0.39 is 6.04 Å². The number of fused-ring (bicyclic) bond motifs is 1. The Morgan fingerprint density at radius 2 is 1.88 bits per heavy atom. The summed E-state index contributed by atoms with van der Waals surface area (Å²) in [5.41, 5.74) is 1.85. The minimum absolute atomic E-state index is 0.122. The molecule has 0 aliphatic carbocycles.